The Morgan fingerprint density at radius 3 is 1.75 bits per heavy atom. The van der Waals surface area contributed by atoms with Crippen LogP contribution in [0, 0.1) is 11.8 Å². The Kier molecular flexibility index (Phi) is 12.4. The van der Waals surface area contributed by atoms with Gasteiger partial charge in [0.25, 0.3) is 0 Å². The number of rotatable bonds is 16. The van der Waals surface area contributed by atoms with E-state index in [9.17, 15) is 14.7 Å². The van der Waals surface area contributed by atoms with Crippen LogP contribution < -0.4 is 0 Å². The molecule has 1 aliphatic rings. The van der Waals surface area contributed by atoms with Crippen molar-refractivity contribution in [2.45, 2.75) is 122 Å². The van der Waals surface area contributed by atoms with E-state index < -0.39 is 30.4 Å². The minimum atomic E-state index is -1.62. The molecule has 5 nitrogen and oxygen atoms in total. The average molecular weight is 399 g/mol. The molecule has 0 heterocycles. The van der Waals surface area contributed by atoms with E-state index in [-0.39, 0.29) is 6.42 Å². The molecule has 0 aromatic rings. The quantitative estimate of drug-likeness (QED) is 0.286. The lowest BCUT2D eigenvalue weighted by Gasteiger charge is -2.28. The minimum Gasteiger partial charge on any atom is -0.481 e. The molecule has 5 heteroatoms. The third-order valence-electron chi connectivity index (χ3n) is 6.47. The smallest absolute Gasteiger partial charge is 0.306 e. The Balaban J connectivity index is 1.97. The number of unbranched alkanes of at least 4 members (excludes halogenated alkanes) is 8. The van der Waals surface area contributed by atoms with Crippen LogP contribution in [0.1, 0.15) is 116 Å². The fourth-order valence-electron chi connectivity index (χ4n) is 4.72. The van der Waals surface area contributed by atoms with Crippen molar-refractivity contribution >= 4 is 11.9 Å². The molecule has 3 N–H and O–H groups in total. The number of carboxylic acids is 2. The van der Waals surface area contributed by atoms with Crippen LogP contribution in [0.4, 0.5) is 0 Å². The SMILES string of the molecule is CC1CCCCC1CCCCCCCCCCCC(O)(CC(=O)O)CC(=O)O. The van der Waals surface area contributed by atoms with E-state index in [1.165, 1.54) is 64.2 Å². The summed E-state index contributed by atoms with van der Waals surface area (Å²) in [5.74, 6) is -0.407. The van der Waals surface area contributed by atoms with Crippen molar-refractivity contribution in [3.05, 3.63) is 0 Å². The van der Waals surface area contributed by atoms with Crippen LogP contribution in [0.25, 0.3) is 0 Å². The van der Waals surface area contributed by atoms with E-state index in [1.807, 2.05) is 0 Å². The normalized spacial score (nSPS) is 20.2. The molecule has 1 aliphatic carbocycles. The van der Waals surface area contributed by atoms with Gasteiger partial charge in [-0.2, -0.15) is 0 Å². The standard InChI is InChI=1S/C23H42O5/c1-19-13-10-11-15-20(19)14-9-7-5-3-2-4-6-8-12-16-23(28,17-21(24)25)18-22(26)27/h19-20,28H,2-18H2,1H3,(H,24,25)(H,26,27). The lowest BCUT2D eigenvalue weighted by atomic mass is 9.78. The lowest BCUT2D eigenvalue weighted by molar-refractivity contribution is -0.149. The van der Waals surface area contributed by atoms with Gasteiger partial charge in [0.05, 0.1) is 18.4 Å². The van der Waals surface area contributed by atoms with Gasteiger partial charge in [0.15, 0.2) is 0 Å². The maximum atomic E-state index is 10.8. The molecule has 1 rings (SSSR count). The van der Waals surface area contributed by atoms with Crippen molar-refractivity contribution in [1.82, 2.24) is 0 Å². The maximum Gasteiger partial charge on any atom is 0.306 e. The summed E-state index contributed by atoms with van der Waals surface area (Å²) >= 11 is 0. The van der Waals surface area contributed by atoms with Crippen molar-refractivity contribution in [2.75, 3.05) is 0 Å². The van der Waals surface area contributed by atoms with Gasteiger partial charge < -0.3 is 15.3 Å². The highest BCUT2D eigenvalue weighted by Crippen LogP contribution is 2.33. The molecule has 0 aliphatic heterocycles. The highest BCUT2D eigenvalue weighted by molar-refractivity contribution is 5.72. The summed E-state index contributed by atoms with van der Waals surface area (Å²) in [6.45, 7) is 2.42. The van der Waals surface area contributed by atoms with Gasteiger partial charge in [-0.05, 0) is 18.3 Å². The zero-order chi connectivity index (χ0) is 20.8. The van der Waals surface area contributed by atoms with Crippen LogP contribution in [0.5, 0.6) is 0 Å². The van der Waals surface area contributed by atoms with Gasteiger partial charge in [0, 0.05) is 0 Å². The van der Waals surface area contributed by atoms with E-state index in [1.54, 1.807) is 0 Å². The fourth-order valence-corrected chi connectivity index (χ4v) is 4.72. The second-order valence-electron chi connectivity index (χ2n) is 9.11. The molecular formula is C23H42O5. The molecule has 0 spiro atoms. The van der Waals surface area contributed by atoms with E-state index >= 15 is 0 Å². The maximum absolute atomic E-state index is 10.8. The van der Waals surface area contributed by atoms with E-state index in [0.29, 0.717) is 6.42 Å². The summed E-state index contributed by atoms with van der Waals surface area (Å²) in [6.07, 6.45) is 16.7. The summed E-state index contributed by atoms with van der Waals surface area (Å²) in [5, 5.41) is 27.9. The van der Waals surface area contributed by atoms with Crippen LogP contribution in [0.3, 0.4) is 0 Å². The van der Waals surface area contributed by atoms with Crippen molar-refractivity contribution in [2.24, 2.45) is 11.8 Å². The van der Waals surface area contributed by atoms with Crippen LogP contribution >= 0.6 is 0 Å². The number of hydrogen-bond donors (Lipinski definition) is 3. The first-order chi connectivity index (χ1) is 13.3. The van der Waals surface area contributed by atoms with Gasteiger partial charge in [0.2, 0.25) is 0 Å². The molecule has 0 saturated heterocycles. The third kappa shape index (κ3) is 11.7. The molecule has 1 saturated carbocycles. The number of carboxylic acid groups (broad SMARTS) is 2. The molecule has 1 fully saturated rings. The van der Waals surface area contributed by atoms with Crippen LogP contribution in [-0.2, 0) is 9.59 Å². The van der Waals surface area contributed by atoms with Gasteiger partial charge in [-0.3, -0.25) is 9.59 Å². The third-order valence-corrected chi connectivity index (χ3v) is 6.47. The number of aliphatic carboxylic acids is 2. The Labute approximate surface area is 170 Å². The molecule has 164 valence electrons. The van der Waals surface area contributed by atoms with Crippen molar-refractivity contribution in [1.29, 1.82) is 0 Å². The van der Waals surface area contributed by atoms with Gasteiger partial charge in [-0.15, -0.1) is 0 Å². The first kappa shape index (κ1) is 24.9. The van der Waals surface area contributed by atoms with Crippen LogP contribution in [0.2, 0.25) is 0 Å². The molecule has 0 aromatic carbocycles. The molecule has 0 bridgehead atoms. The first-order valence-corrected chi connectivity index (χ1v) is 11.5. The first-order valence-electron chi connectivity index (χ1n) is 11.5. The van der Waals surface area contributed by atoms with Crippen molar-refractivity contribution in [3.63, 3.8) is 0 Å². The predicted molar refractivity (Wildman–Crippen MR) is 111 cm³/mol. The van der Waals surface area contributed by atoms with Crippen LogP contribution in [0.15, 0.2) is 0 Å². The Hall–Kier alpha value is -1.10. The van der Waals surface area contributed by atoms with Gasteiger partial charge in [-0.25, -0.2) is 0 Å². The second-order valence-corrected chi connectivity index (χ2v) is 9.11. The largest absolute Gasteiger partial charge is 0.481 e. The van der Waals surface area contributed by atoms with E-state index in [2.05, 4.69) is 6.92 Å². The molecular weight excluding hydrogens is 356 g/mol. The Morgan fingerprint density at radius 1 is 0.786 bits per heavy atom. The molecule has 0 aromatic heterocycles. The summed E-state index contributed by atoms with van der Waals surface area (Å²) < 4.78 is 0. The zero-order valence-electron chi connectivity index (χ0n) is 17.8. The molecule has 0 amide bonds. The topological polar surface area (TPSA) is 94.8 Å². The lowest BCUT2D eigenvalue weighted by Crippen LogP contribution is -2.34. The zero-order valence-corrected chi connectivity index (χ0v) is 17.8. The van der Waals surface area contributed by atoms with Gasteiger partial charge in [-0.1, -0.05) is 96.8 Å². The highest BCUT2D eigenvalue weighted by atomic mass is 16.4. The predicted octanol–water partition coefficient (Wildman–Crippen LogP) is 5.78. The number of aliphatic hydroxyl groups is 1. The Bertz CT molecular complexity index is 432. The minimum absolute atomic E-state index is 0.241. The van der Waals surface area contributed by atoms with Gasteiger partial charge >= 0.3 is 11.9 Å². The molecule has 2 atom stereocenters. The average Bonchev–Trinajstić information content (AvgIpc) is 2.59. The fraction of sp³-hybridized carbons (Fsp3) is 0.913. The van der Waals surface area contributed by atoms with Crippen molar-refractivity contribution < 1.29 is 24.9 Å². The van der Waals surface area contributed by atoms with Crippen molar-refractivity contribution in [3.8, 4) is 0 Å². The van der Waals surface area contributed by atoms with E-state index in [0.717, 1.165) is 31.1 Å². The molecule has 28 heavy (non-hydrogen) atoms. The second kappa shape index (κ2) is 14.0. The van der Waals surface area contributed by atoms with Crippen LogP contribution in [-0.4, -0.2) is 32.9 Å². The van der Waals surface area contributed by atoms with E-state index in [4.69, 9.17) is 10.2 Å². The summed E-state index contributed by atoms with van der Waals surface area (Å²) in [4.78, 5) is 21.7. The summed E-state index contributed by atoms with van der Waals surface area (Å²) in [5.41, 5.74) is -1.62. The number of hydrogen-bond acceptors (Lipinski definition) is 3. The summed E-state index contributed by atoms with van der Waals surface area (Å²) in [6, 6.07) is 0. The summed E-state index contributed by atoms with van der Waals surface area (Å²) in [7, 11) is 0. The molecule has 0 radical (unpaired) electrons. The highest BCUT2D eigenvalue weighted by Gasteiger charge is 2.32. The monoisotopic (exact) mass is 398 g/mol. The number of carbonyl (C=O) groups is 2. The Morgan fingerprint density at radius 2 is 1.25 bits per heavy atom. The molecule has 2 unspecified atom stereocenters. The van der Waals surface area contributed by atoms with Gasteiger partial charge in [0.1, 0.15) is 0 Å².